The minimum atomic E-state index is -1.01. The van der Waals surface area contributed by atoms with E-state index in [2.05, 4.69) is 0 Å². The smallest absolute Gasteiger partial charge is 0.353 e. The number of fused-ring (bicyclic) bond motifs is 1. The van der Waals surface area contributed by atoms with Crippen molar-refractivity contribution in [2.75, 3.05) is 6.54 Å². The molecule has 1 atom stereocenters. The maximum absolute atomic E-state index is 11.2. The summed E-state index contributed by atoms with van der Waals surface area (Å²) in [5, 5.41) is 9.05. The van der Waals surface area contributed by atoms with Gasteiger partial charge in [-0.3, -0.25) is 9.69 Å². The number of hydrogen-bond acceptors (Lipinski definition) is 4. The van der Waals surface area contributed by atoms with Gasteiger partial charge in [0, 0.05) is 4.91 Å². The van der Waals surface area contributed by atoms with E-state index in [1.165, 1.54) is 16.7 Å². The third-order valence-electron chi connectivity index (χ3n) is 2.50. The fourth-order valence-corrected chi connectivity index (χ4v) is 3.21. The Morgan fingerprint density at radius 2 is 2.40 bits per heavy atom. The summed E-state index contributed by atoms with van der Waals surface area (Å²) in [6.45, 7) is 0.537. The lowest BCUT2D eigenvalue weighted by molar-refractivity contribution is -0.145. The summed E-state index contributed by atoms with van der Waals surface area (Å²) in [6.07, 6.45) is 1.87. The molecule has 6 heteroatoms. The van der Waals surface area contributed by atoms with E-state index >= 15 is 0 Å². The van der Waals surface area contributed by atoms with Crippen molar-refractivity contribution in [1.29, 1.82) is 0 Å². The first-order valence-electron chi connectivity index (χ1n) is 4.80. The largest absolute Gasteiger partial charge is 0.477 e. The quantitative estimate of drug-likeness (QED) is 0.677. The fourth-order valence-electron chi connectivity index (χ4n) is 1.77. The Morgan fingerprint density at radius 1 is 1.67 bits per heavy atom. The van der Waals surface area contributed by atoms with E-state index in [0.29, 0.717) is 19.4 Å². The summed E-state index contributed by atoms with van der Waals surface area (Å²) < 4.78 is 0. The van der Waals surface area contributed by atoms with E-state index in [1.54, 1.807) is 0 Å². The molecular weight excluding hydrogens is 216 g/mol. The highest BCUT2D eigenvalue weighted by Gasteiger charge is 2.47. The number of carboxylic acids is 1. The fraction of sp³-hybridized carbons (Fsp3) is 0.556. The lowest BCUT2D eigenvalue weighted by Gasteiger charge is -2.33. The van der Waals surface area contributed by atoms with Gasteiger partial charge in [0.05, 0.1) is 11.8 Å². The van der Waals surface area contributed by atoms with Crippen LogP contribution in [0.2, 0.25) is 0 Å². The Morgan fingerprint density at radius 3 is 2.93 bits per heavy atom. The van der Waals surface area contributed by atoms with E-state index in [-0.39, 0.29) is 17.0 Å². The molecule has 15 heavy (non-hydrogen) atoms. The second kappa shape index (κ2) is 3.86. The molecule has 2 aliphatic rings. The van der Waals surface area contributed by atoms with Crippen LogP contribution in [0.3, 0.4) is 0 Å². The summed E-state index contributed by atoms with van der Waals surface area (Å²) in [6, 6.07) is 0. The molecule has 0 saturated carbocycles. The van der Waals surface area contributed by atoms with Gasteiger partial charge < -0.3 is 10.8 Å². The van der Waals surface area contributed by atoms with Gasteiger partial charge in [-0.05, 0) is 19.4 Å². The van der Waals surface area contributed by atoms with Gasteiger partial charge in [0.25, 0.3) is 0 Å². The minimum Gasteiger partial charge on any atom is -0.477 e. The lowest BCUT2D eigenvalue weighted by Crippen LogP contribution is -2.48. The van der Waals surface area contributed by atoms with Crippen molar-refractivity contribution in [2.24, 2.45) is 5.73 Å². The van der Waals surface area contributed by atoms with Crippen molar-refractivity contribution in [1.82, 2.24) is 4.90 Å². The second-order valence-corrected chi connectivity index (χ2v) is 4.78. The molecule has 2 rings (SSSR count). The third-order valence-corrected chi connectivity index (χ3v) is 3.83. The van der Waals surface area contributed by atoms with Gasteiger partial charge in [-0.1, -0.05) is 0 Å². The maximum Gasteiger partial charge on any atom is 0.353 e. The van der Waals surface area contributed by atoms with E-state index in [1.807, 2.05) is 0 Å². The molecular formula is C9H12N2O3S. The molecule has 0 aromatic rings. The predicted octanol–water partition coefficient (Wildman–Crippen LogP) is 0.327. The second-order valence-electron chi connectivity index (χ2n) is 3.51. The number of nitrogens with zero attached hydrogens (tertiary/aromatic N) is 1. The number of allylic oxidation sites excluding steroid dienone is 1. The van der Waals surface area contributed by atoms with Crippen LogP contribution in [0.4, 0.5) is 0 Å². The zero-order chi connectivity index (χ0) is 11.0. The molecule has 0 aromatic carbocycles. The molecule has 1 amide bonds. The number of carbonyl (C=O) groups is 2. The van der Waals surface area contributed by atoms with Gasteiger partial charge in [-0.25, -0.2) is 4.79 Å². The highest BCUT2D eigenvalue weighted by molar-refractivity contribution is 8.04. The Balaban J connectivity index is 2.19. The molecule has 2 heterocycles. The van der Waals surface area contributed by atoms with Gasteiger partial charge in [0.1, 0.15) is 5.70 Å². The molecule has 82 valence electrons. The molecule has 3 N–H and O–H groups in total. The molecule has 2 aliphatic heterocycles. The number of carboxylic acid groups (broad SMARTS) is 1. The van der Waals surface area contributed by atoms with Gasteiger partial charge in [-0.15, -0.1) is 11.8 Å². The summed E-state index contributed by atoms with van der Waals surface area (Å²) in [7, 11) is 0. The molecule has 0 aliphatic carbocycles. The van der Waals surface area contributed by atoms with Crippen LogP contribution >= 0.6 is 11.8 Å². The van der Waals surface area contributed by atoms with E-state index < -0.39 is 5.97 Å². The monoisotopic (exact) mass is 228 g/mol. The zero-order valence-electron chi connectivity index (χ0n) is 8.10. The topological polar surface area (TPSA) is 83.6 Å². The van der Waals surface area contributed by atoms with Gasteiger partial charge in [0.15, 0.2) is 0 Å². The number of carbonyl (C=O) groups excluding carboxylic acids is 1. The highest BCUT2D eigenvalue weighted by atomic mass is 32.2. The Kier molecular flexibility index (Phi) is 2.70. The number of rotatable bonds is 4. The first-order valence-corrected chi connectivity index (χ1v) is 5.68. The molecule has 1 saturated heterocycles. The average molecular weight is 228 g/mol. The number of amides is 1. The van der Waals surface area contributed by atoms with Crippen molar-refractivity contribution < 1.29 is 14.7 Å². The Bertz CT molecular complexity index is 353. The predicted molar refractivity (Wildman–Crippen MR) is 55.8 cm³/mol. The van der Waals surface area contributed by atoms with Crippen LogP contribution in [-0.4, -0.2) is 33.8 Å². The minimum absolute atomic E-state index is 0.0244. The molecule has 0 radical (unpaired) electrons. The van der Waals surface area contributed by atoms with Crippen LogP contribution in [0.5, 0.6) is 0 Å². The van der Waals surface area contributed by atoms with Crippen LogP contribution in [0.25, 0.3) is 0 Å². The normalized spacial score (nSPS) is 24.2. The van der Waals surface area contributed by atoms with Crippen molar-refractivity contribution in [2.45, 2.75) is 24.6 Å². The van der Waals surface area contributed by atoms with Gasteiger partial charge >= 0.3 is 5.97 Å². The molecule has 0 unspecified atom stereocenters. The van der Waals surface area contributed by atoms with Crippen LogP contribution in [0.1, 0.15) is 19.3 Å². The zero-order valence-corrected chi connectivity index (χ0v) is 8.92. The number of thioether (sulfide) groups is 1. The number of aliphatic carboxylic acids is 1. The summed E-state index contributed by atoms with van der Waals surface area (Å²) in [5.74, 6) is -1.10. The van der Waals surface area contributed by atoms with E-state index in [4.69, 9.17) is 10.8 Å². The van der Waals surface area contributed by atoms with Crippen molar-refractivity contribution in [3.8, 4) is 0 Å². The molecule has 0 spiro atoms. The Hall–Kier alpha value is -1.01. The third kappa shape index (κ3) is 1.63. The number of nitrogens with two attached hydrogens (primary N) is 1. The standard InChI is InChI=1S/C9H12N2O3S/c10-3-1-2-5-8(9(13)14)11-6(12)4-7(11)15-5/h7H,1-4,10H2,(H,13,14)/t7-/m1/s1. The van der Waals surface area contributed by atoms with E-state index in [9.17, 15) is 9.59 Å². The lowest BCUT2D eigenvalue weighted by atomic mass is 10.1. The summed E-state index contributed by atoms with van der Waals surface area (Å²) in [5.41, 5.74) is 5.56. The molecule has 0 aromatic heterocycles. The summed E-state index contributed by atoms with van der Waals surface area (Å²) >= 11 is 1.49. The van der Waals surface area contributed by atoms with Gasteiger partial charge in [0.2, 0.25) is 5.91 Å². The van der Waals surface area contributed by atoms with Crippen molar-refractivity contribution in [3.63, 3.8) is 0 Å². The van der Waals surface area contributed by atoms with E-state index in [0.717, 1.165) is 11.3 Å². The Labute approximate surface area is 91.3 Å². The number of β-lactam (4-membered cyclic amide) rings is 1. The SMILES string of the molecule is NCCCC1=C(C(=O)O)N2C(=O)C[C@H]2S1. The molecule has 0 bridgehead atoms. The van der Waals surface area contributed by atoms with Crippen LogP contribution in [0, 0.1) is 0 Å². The summed E-state index contributed by atoms with van der Waals surface area (Å²) in [4.78, 5) is 24.4. The molecule has 1 fully saturated rings. The van der Waals surface area contributed by atoms with Crippen molar-refractivity contribution in [3.05, 3.63) is 10.6 Å². The van der Waals surface area contributed by atoms with Crippen LogP contribution in [0.15, 0.2) is 10.6 Å². The van der Waals surface area contributed by atoms with Gasteiger partial charge in [-0.2, -0.15) is 0 Å². The first kappa shape index (κ1) is 10.5. The maximum atomic E-state index is 11.2. The highest BCUT2D eigenvalue weighted by Crippen LogP contribution is 2.47. The van der Waals surface area contributed by atoms with Crippen LogP contribution < -0.4 is 5.73 Å². The average Bonchev–Trinajstić information content (AvgIpc) is 2.47. The first-order chi connectivity index (χ1) is 7.15. The van der Waals surface area contributed by atoms with Crippen molar-refractivity contribution >= 4 is 23.6 Å². The van der Waals surface area contributed by atoms with Crippen LogP contribution in [-0.2, 0) is 9.59 Å². The molecule has 5 nitrogen and oxygen atoms in total. The number of hydrogen-bond donors (Lipinski definition) is 2.